The van der Waals surface area contributed by atoms with Gasteiger partial charge in [-0.3, -0.25) is 5.10 Å². The zero-order valence-electron chi connectivity index (χ0n) is 10.1. The number of halogens is 1. The fourth-order valence-electron chi connectivity index (χ4n) is 2.08. The van der Waals surface area contributed by atoms with Crippen LogP contribution < -0.4 is 5.73 Å². The molecule has 0 amide bonds. The lowest BCUT2D eigenvalue weighted by molar-refractivity contribution is 1.10. The molecule has 0 spiro atoms. The second-order valence-electron chi connectivity index (χ2n) is 4.23. The van der Waals surface area contributed by atoms with E-state index in [1.54, 1.807) is 0 Å². The van der Waals surface area contributed by atoms with E-state index in [9.17, 15) is 0 Å². The maximum absolute atomic E-state index is 6.00. The summed E-state index contributed by atoms with van der Waals surface area (Å²) in [6.45, 7) is 0. The Morgan fingerprint density at radius 3 is 2.26 bits per heavy atom. The average molecular weight is 361 g/mol. The molecule has 0 aliphatic carbocycles. The van der Waals surface area contributed by atoms with Crippen molar-refractivity contribution in [2.45, 2.75) is 0 Å². The molecule has 0 bridgehead atoms. The quantitative estimate of drug-likeness (QED) is 0.680. The summed E-state index contributed by atoms with van der Waals surface area (Å²) in [6.07, 6.45) is 0. The molecular formula is C15H12IN3. The largest absolute Gasteiger partial charge is 0.382 e. The molecular weight excluding hydrogens is 349 g/mol. The number of benzene rings is 2. The van der Waals surface area contributed by atoms with Gasteiger partial charge in [-0.15, -0.1) is 0 Å². The molecule has 0 fully saturated rings. The number of anilines is 1. The van der Waals surface area contributed by atoms with E-state index in [0.29, 0.717) is 5.82 Å². The van der Waals surface area contributed by atoms with Crippen LogP contribution in [0, 0.1) is 3.57 Å². The first-order chi connectivity index (χ1) is 9.25. The number of nitrogens with two attached hydrogens (primary N) is 1. The van der Waals surface area contributed by atoms with Gasteiger partial charge in [0.25, 0.3) is 0 Å². The molecule has 1 aromatic heterocycles. The van der Waals surface area contributed by atoms with Crippen LogP contribution in [-0.2, 0) is 0 Å². The Balaban J connectivity index is 2.16. The first-order valence-corrected chi connectivity index (χ1v) is 6.99. The van der Waals surface area contributed by atoms with Crippen LogP contribution in [0.3, 0.4) is 0 Å². The number of hydrogen-bond donors (Lipinski definition) is 2. The zero-order chi connectivity index (χ0) is 13.2. The smallest absolute Gasteiger partial charge is 0.153 e. The summed E-state index contributed by atoms with van der Waals surface area (Å²) in [5, 5.41) is 7.17. The highest BCUT2D eigenvalue weighted by Crippen LogP contribution is 2.34. The minimum absolute atomic E-state index is 0.528. The van der Waals surface area contributed by atoms with E-state index >= 15 is 0 Å². The Hall–Kier alpha value is -1.82. The number of nitrogens with zero attached hydrogens (tertiary/aromatic N) is 1. The molecule has 0 saturated heterocycles. The summed E-state index contributed by atoms with van der Waals surface area (Å²) in [5.41, 5.74) is 10.1. The van der Waals surface area contributed by atoms with E-state index in [1.165, 1.54) is 3.57 Å². The van der Waals surface area contributed by atoms with Crippen molar-refractivity contribution in [1.82, 2.24) is 10.2 Å². The number of nitrogen functional groups attached to an aromatic ring is 1. The summed E-state index contributed by atoms with van der Waals surface area (Å²) < 4.78 is 1.20. The van der Waals surface area contributed by atoms with Gasteiger partial charge in [-0.1, -0.05) is 42.5 Å². The van der Waals surface area contributed by atoms with Crippen molar-refractivity contribution >= 4 is 28.4 Å². The van der Waals surface area contributed by atoms with Crippen LogP contribution in [0.2, 0.25) is 0 Å². The second-order valence-corrected chi connectivity index (χ2v) is 5.48. The van der Waals surface area contributed by atoms with Crippen molar-refractivity contribution in [3.8, 4) is 22.4 Å². The summed E-state index contributed by atoms with van der Waals surface area (Å²) >= 11 is 2.29. The fourth-order valence-corrected chi connectivity index (χ4v) is 2.44. The number of rotatable bonds is 2. The van der Waals surface area contributed by atoms with Crippen molar-refractivity contribution < 1.29 is 0 Å². The first kappa shape index (κ1) is 12.2. The molecule has 0 aliphatic rings. The minimum atomic E-state index is 0.528. The van der Waals surface area contributed by atoms with Gasteiger partial charge >= 0.3 is 0 Å². The topological polar surface area (TPSA) is 54.7 Å². The van der Waals surface area contributed by atoms with Gasteiger partial charge in [0, 0.05) is 9.13 Å². The van der Waals surface area contributed by atoms with Crippen LogP contribution in [0.25, 0.3) is 22.4 Å². The number of H-pyrrole nitrogens is 1. The first-order valence-electron chi connectivity index (χ1n) is 5.91. The molecule has 3 rings (SSSR count). The van der Waals surface area contributed by atoms with Gasteiger partial charge in [0.15, 0.2) is 5.82 Å². The SMILES string of the molecule is Nc1n[nH]c(-c2ccc(I)cc2)c1-c1ccccc1. The summed E-state index contributed by atoms with van der Waals surface area (Å²) in [7, 11) is 0. The van der Waals surface area contributed by atoms with Gasteiger partial charge < -0.3 is 5.73 Å². The van der Waals surface area contributed by atoms with E-state index < -0.39 is 0 Å². The molecule has 0 radical (unpaired) electrons. The van der Waals surface area contributed by atoms with E-state index in [1.807, 2.05) is 30.3 Å². The standard InChI is InChI=1S/C15H12IN3/c16-12-8-6-11(7-9-12)14-13(15(17)19-18-14)10-4-2-1-3-5-10/h1-9H,(H3,17,18,19). The predicted molar refractivity (Wildman–Crippen MR) is 86.6 cm³/mol. The van der Waals surface area contributed by atoms with Crippen LogP contribution in [0.5, 0.6) is 0 Å². The lowest BCUT2D eigenvalue weighted by Crippen LogP contribution is -1.88. The molecule has 0 saturated carbocycles. The fraction of sp³-hybridized carbons (Fsp3) is 0. The molecule has 3 nitrogen and oxygen atoms in total. The Kier molecular flexibility index (Phi) is 3.25. The third-order valence-electron chi connectivity index (χ3n) is 2.99. The Labute approximate surface area is 125 Å². The third-order valence-corrected chi connectivity index (χ3v) is 3.71. The van der Waals surface area contributed by atoms with Gasteiger partial charge in [-0.25, -0.2) is 0 Å². The molecule has 0 atom stereocenters. The predicted octanol–water partition coefficient (Wildman–Crippen LogP) is 3.93. The van der Waals surface area contributed by atoms with Crippen molar-refractivity contribution in [3.63, 3.8) is 0 Å². The molecule has 1 heterocycles. The van der Waals surface area contributed by atoms with Crippen molar-refractivity contribution in [2.75, 3.05) is 5.73 Å². The molecule has 0 aliphatic heterocycles. The van der Waals surface area contributed by atoms with Crippen LogP contribution in [-0.4, -0.2) is 10.2 Å². The Morgan fingerprint density at radius 1 is 0.895 bits per heavy atom. The summed E-state index contributed by atoms with van der Waals surface area (Å²) in [4.78, 5) is 0. The maximum atomic E-state index is 6.00. The van der Waals surface area contributed by atoms with E-state index in [4.69, 9.17) is 5.73 Å². The average Bonchev–Trinajstić information content (AvgIpc) is 2.82. The molecule has 3 aromatic rings. The lowest BCUT2D eigenvalue weighted by Gasteiger charge is -2.04. The maximum Gasteiger partial charge on any atom is 0.153 e. The summed E-state index contributed by atoms with van der Waals surface area (Å²) in [5.74, 6) is 0.528. The van der Waals surface area contributed by atoms with E-state index in [0.717, 1.165) is 22.4 Å². The van der Waals surface area contributed by atoms with Gasteiger partial charge in [-0.2, -0.15) is 5.10 Å². The van der Waals surface area contributed by atoms with Gasteiger partial charge in [0.05, 0.1) is 11.3 Å². The molecule has 19 heavy (non-hydrogen) atoms. The van der Waals surface area contributed by atoms with Crippen molar-refractivity contribution in [2.24, 2.45) is 0 Å². The van der Waals surface area contributed by atoms with Gasteiger partial charge in [0.1, 0.15) is 0 Å². The molecule has 3 N–H and O–H groups in total. The normalized spacial score (nSPS) is 10.6. The Bertz CT molecular complexity index is 687. The second kappa shape index (κ2) is 5.05. The highest BCUT2D eigenvalue weighted by atomic mass is 127. The third kappa shape index (κ3) is 2.35. The number of nitrogens with one attached hydrogen (secondary N) is 1. The van der Waals surface area contributed by atoms with Crippen molar-refractivity contribution in [1.29, 1.82) is 0 Å². The van der Waals surface area contributed by atoms with E-state index in [2.05, 4.69) is 57.1 Å². The van der Waals surface area contributed by atoms with Crippen LogP contribution in [0.1, 0.15) is 0 Å². The van der Waals surface area contributed by atoms with Crippen LogP contribution in [0.4, 0.5) is 5.82 Å². The zero-order valence-corrected chi connectivity index (χ0v) is 12.3. The van der Waals surface area contributed by atoms with Crippen LogP contribution in [0.15, 0.2) is 54.6 Å². The summed E-state index contributed by atoms with van der Waals surface area (Å²) in [6, 6.07) is 18.4. The molecule has 0 unspecified atom stereocenters. The number of aromatic amines is 1. The van der Waals surface area contributed by atoms with Crippen molar-refractivity contribution in [3.05, 3.63) is 58.2 Å². The molecule has 4 heteroatoms. The Morgan fingerprint density at radius 2 is 1.58 bits per heavy atom. The minimum Gasteiger partial charge on any atom is -0.382 e. The van der Waals surface area contributed by atoms with Gasteiger partial charge in [0.2, 0.25) is 0 Å². The van der Waals surface area contributed by atoms with Crippen LogP contribution >= 0.6 is 22.6 Å². The molecule has 2 aromatic carbocycles. The van der Waals surface area contributed by atoms with E-state index in [-0.39, 0.29) is 0 Å². The molecule has 94 valence electrons. The number of aromatic nitrogens is 2. The lowest BCUT2D eigenvalue weighted by atomic mass is 10.0. The highest BCUT2D eigenvalue weighted by Gasteiger charge is 2.14. The van der Waals surface area contributed by atoms with Gasteiger partial charge in [-0.05, 0) is 40.3 Å². The number of hydrogen-bond acceptors (Lipinski definition) is 2. The monoisotopic (exact) mass is 361 g/mol. The highest BCUT2D eigenvalue weighted by molar-refractivity contribution is 14.1.